The van der Waals surface area contributed by atoms with Crippen molar-refractivity contribution in [3.8, 4) is 11.5 Å². The van der Waals surface area contributed by atoms with Gasteiger partial charge in [-0.3, -0.25) is 4.79 Å². The first-order valence-electron chi connectivity index (χ1n) is 9.00. The molecule has 2 N–H and O–H groups in total. The summed E-state index contributed by atoms with van der Waals surface area (Å²) in [6, 6.07) is 11.4. The molecule has 1 aliphatic rings. The normalized spacial score (nSPS) is 16.3. The van der Waals surface area contributed by atoms with E-state index in [1.165, 1.54) is 6.33 Å². The molecule has 1 aliphatic heterocycles. The summed E-state index contributed by atoms with van der Waals surface area (Å²) in [7, 11) is 1.57. The predicted molar refractivity (Wildman–Crippen MR) is 112 cm³/mol. The maximum Gasteiger partial charge on any atom is 0.320 e. The molecule has 0 bridgehead atoms. The number of hydrogen-bond donors (Lipinski definition) is 2. The molecule has 1 unspecified atom stereocenters. The molecule has 0 aliphatic carbocycles. The Kier molecular flexibility index (Phi) is 5.77. The molecule has 2 aromatic carbocycles. The lowest BCUT2D eigenvalue weighted by Gasteiger charge is -2.23. The number of carbonyl (C=O) groups excluding carboxylic acids is 1. The Morgan fingerprint density at radius 1 is 1.28 bits per heavy atom. The summed E-state index contributed by atoms with van der Waals surface area (Å²) in [5.74, 6) is 1.42. The molecule has 1 atom stereocenters. The third kappa shape index (κ3) is 4.57. The largest absolute Gasteiger partial charge is 0.493 e. The SMILES string of the molecule is COc1cc2ncnc(Nc3cccc(Br)c3)c2cc1OCC1CNCC(=O)O1. The summed E-state index contributed by atoms with van der Waals surface area (Å²) >= 11 is 3.47. The number of nitrogens with one attached hydrogen (secondary N) is 2. The van der Waals surface area contributed by atoms with E-state index in [2.05, 4.69) is 36.5 Å². The number of anilines is 2. The van der Waals surface area contributed by atoms with Crippen molar-refractivity contribution in [1.29, 1.82) is 0 Å². The lowest BCUT2D eigenvalue weighted by atomic mass is 10.2. The summed E-state index contributed by atoms with van der Waals surface area (Å²) < 4.78 is 17.6. The van der Waals surface area contributed by atoms with Gasteiger partial charge in [0.25, 0.3) is 0 Å². The Morgan fingerprint density at radius 3 is 2.97 bits per heavy atom. The second-order valence-corrected chi connectivity index (χ2v) is 7.35. The number of ether oxygens (including phenoxy) is 3. The zero-order valence-corrected chi connectivity index (χ0v) is 17.2. The molecule has 1 saturated heterocycles. The molecule has 4 rings (SSSR count). The topological polar surface area (TPSA) is 94.6 Å². The first kappa shape index (κ1) is 19.4. The quantitative estimate of drug-likeness (QED) is 0.544. The first-order chi connectivity index (χ1) is 14.1. The Bertz CT molecular complexity index is 1050. The molecule has 0 spiro atoms. The van der Waals surface area contributed by atoms with Crippen molar-refractivity contribution in [2.75, 3.05) is 32.1 Å². The van der Waals surface area contributed by atoms with E-state index in [0.717, 1.165) is 15.5 Å². The predicted octanol–water partition coefficient (Wildman–Crippen LogP) is 3.04. The van der Waals surface area contributed by atoms with Crippen molar-refractivity contribution in [2.24, 2.45) is 0 Å². The van der Waals surface area contributed by atoms with Crippen molar-refractivity contribution in [2.45, 2.75) is 6.10 Å². The molecule has 3 aromatic rings. The first-order valence-corrected chi connectivity index (χ1v) is 9.80. The van der Waals surface area contributed by atoms with Gasteiger partial charge in [-0.1, -0.05) is 22.0 Å². The zero-order chi connectivity index (χ0) is 20.2. The number of cyclic esters (lactones) is 1. The lowest BCUT2D eigenvalue weighted by molar-refractivity contribution is -0.153. The number of esters is 1. The molecule has 8 nitrogen and oxygen atoms in total. The van der Waals surface area contributed by atoms with Gasteiger partial charge in [0.15, 0.2) is 11.5 Å². The van der Waals surface area contributed by atoms with Crippen molar-refractivity contribution >= 4 is 44.3 Å². The summed E-state index contributed by atoms with van der Waals surface area (Å²) in [5.41, 5.74) is 1.60. The van der Waals surface area contributed by atoms with Crippen LogP contribution in [0.2, 0.25) is 0 Å². The molecule has 150 valence electrons. The number of methoxy groups -OCH3 is 1. The van der Waals surface area contributed by atoms with E-state index in [1.54, 1.807) is 13.2 Å². The second-order valence-electron chi connectivity index (χ2n) is 6.43. The monoisotopic (exact) mass is 458 g/mol. The molecule has 9 heteroatoms. The number of carbonyl (C=O) groups is 1. The molecule has 0 amide bonds. The van der Waals surface area contributed by atoms with E-state index < -0.39 is 0 Å². The van der Waals surface area contributed by atoms with Crippen LogP contribution in [0.3, 0.4) is 0 Å². The summed E-state index contributed by atoms with van der Waals surface area (Å²) in [5, 5.41) is 7.09. The molecular weight excluding hydrogens is 440 g/mol. The number of rotatable bonds is 6. The molecule has 1 fully saturated rings. The minimum Gasteiger partial charge on any atom is -0.493 e. The van der Waals surface area contributed by atoms with Crippen LogP contribution in [0.5, 0.6) is 11.5 Å². The maximum atomic E-state index is 11.4. The minimum atomic E-state index is -0.358. The number of hydrogen-bond acceptors (Lipinski definition) is 8. The van der Waals surface area contributed by atoms with Gasteiger partial charge in [-0.15, -0.1) is 0 Å². The average Bonchev–Trinajstić information content (AvgIpc) is 2.72. The van der Waals surface area contributed by atoms with Gasteiger partial charge in [-0.05, 0) is 24.3 Å². The van der Waals surface area contributed by atoms with Gasteiger partial charge in [0.1, 0.15) is 24.9 Å². The fourth-order valence-corrected chi connectivity index (χ4v) is 3.42. The van der Waals surface area contributed by atoms with E-state index in [4.69, 9.17) is 14.2 Å². The Hall–Kier alpha value is -2.91. The molecule has 2 heterocycles. The zero-order valence-electron chi connectivity index (χ0n) is 15.6. The van der Waals surface area contributed by atoms with Crippen molar-refractivity contribution < 1.29 is 19.0 Å². The highest BCUT2D eigenvalue weighted by Crippen LogP contribution is 2.35. The third-order valence-electron chi connectivity index (χ3n) is 4.37. The fraction of sp³-hybridized carbons (Fsp3) is 0.250. The van der Waals surface area contributed by atoms with E-state index >= 15 is 0 Å². The highest BCUT2D eigenvalue weighted by Gasteiger charge is 2.21. The number of fused-ring (bicyclic) bond motifs is 1. The van der Waals surface area contributed by atoms with Crippen LogP contribution < -0.4 is 20.1 Å². The molecular formula is C20H19BrN4O4. The minimum absolute atomic E-state index is 0.211. The number of benzene rings is 2. The van der Waals surface area contributed by atoms with E-state index in [1.807, 2.05) is 30.3 Å². The van der Waals surface area contributed by atoms with Gasteiger partial charge in [0, 0.05) is 28.2 Å². The van der Waals surface area contributed by atoms with Gasteiger partial charge < -0.3 is 24.8 Å². The number of nitrogens with zero attached hydrogens (tertiary/aromatic N) is 2. The average molecular weight is 459 g/mol. The number of halogens is 1. The molecule has 29 heavy (non-hydrogen) atoms. The maximum absolute atomic E-state index is 11.4. The van der Waals surface area contributed by atoms with E-state index in [-0.39, 0.29) is 25.2 Å². The van der Waals surface area contributed by atoms with Gasteiger partial charge >= 0.3 is 5.97 Å². The van der Waals surface area contributed by atoms with Crippen molar-refractivity contribution in [1.82, 2.24) is 15.3 Å². The highest BCUT2D eigenvalue weighted by atomic mass is 79.9. The van der Waals surface area contributed by atoms with Crippen molar-refractivity contribution in [3.63, 3.8) is 0 Å². The second kappa shape index (κ2) is 8.62. The van der Waals surface area contributed by atoms with Crippen LogP contribution >= 0.6 is 15.9 Å². The molecule has 0 saturated carbocycles. The van der Waals surface area contributed by atoms with E-state index in [0.29, 0.717) is 29.4 Å². The third-order valence-corrected chi connectivity index (χ3v) is 4.87. The summed E-state index contributed by atoms with van der Waals surface area (Å²) in [6.07, 6.45) is 1.14. The Balaban J connectivity index is 1.62. The Morgan fingerprint density at radius 2 is 2.17 bits per heavy atom. The standard InChI is InChI=1S/C20H19BrN4O4/c1-27-17-7-16-15(6-18(17)28-10-14-8-22-9-19(26)29-14)20(24-11-23-16)25-13-4-2-3-12(21)5-13/h2-7,11,14,22H,8-10H2,1H3,(H,23,24,25). The van der Waals surface area contributed by atoms with Crippen LogP contribution in [-0.2, 0) is 9.53 Å². The Labute approximate surface area is 175 Å². The molecule has 0 radical (unpaired) electrons. The van der Waals surface area contributed by atoms with E-state index in [9.17, 15) is 4.79 Å². The van der Waals surface area contributed by atoms with Crippen LogP contribution in [0, 0.1) is 0 Å². The van der Waals surface area contributed by atoms with Gasteiger partial charge in [0.2, 0.25) is 0 Å². The van der Waals surface area contributed by atoms with Gasteiger partial charge in [0.05, 0.1) is 19.2 Å². The molecule has 1 aromatic heterocycles. The van der Waals surface area contributed by atoms with Crippen molar-refractivity contribution in [3.05, 3.63) is 47.2 Å². The van der Waals surface area contributed by atoms with Gasteiger partial charge in [-0.25, -0.2) is 9.97 Å². The summed E-state index contributed by atoms with van der Waals surface area (Å²) in [4.78, 5) is 20.1. The van der Waals surface area contributed by atoms with Crippen LogP contribution in [0.15, 0.2) is 47.2 Å². The van der Waals surface area contributed by atoms with Crippen LogP contribution in [0.1, 0.15) is 0 Å². The van der Waals surface area contributed by atoms with Crippen LogP contribution in [-0.4, -0.2) is 48.8 Å². The smallest absolute Gasteiger partial charge is 0.320 e. The fourth-order valence-electron chi connectivity index (χ4n) is 3.02. The number of morpholine rings is 1. The van der Waals surface area contributed by atoms with Gasteiger partial charge in [-0.2, -0.15) is 0 Å². The number of aromatic nitrogens is 2. The lowest BCUT2D eigenvalue weighted by Crippen LogP contribution is -2.44. The highest BCUT2D eigenvalue weighted by molar-refractivity contribution is 9.10. The van der Waals surface area contributed by atoms with Crippen LogP contribution in [0.4, 0.5) is 11.5 Å². The summed E-state index contributed by atoms with van der Waals surface area (Å²) in [6.45, 7) is 0.973. The van der Waals surface area contributed by atoms with Crippen LogP contribution in [0.25, 0.3) is 10.9 Å².